The maximum absolute atomic E-state index is 6.07. The summed E-state index contributed by atoms with van der Waals surface area (Å²) in [5, 5.41) is 0.926. The SMILES string of the molecule is Cc1c(OCCCN2CCCCC2)ccnc1CSc1nc2ccccc2[nH]1. The predicted octanol–water partition coefficient (Wildman–Crippen LogP) is 4.81. The number of piperidine rings is 1. The second-order valence-electron chi connectivity index (χ2n) is 7.33. The molecule has 6 heteroatoms. The van der Waals surface area contributed by atoms with Crippen LogP contribution in [0.3, 0.4) is 0 Å². The van der Waals surface area contributed by atoms with Gasteiger partial charge in [0.15, 0.2) is 5.16 Å². The first kappa shape index (κ1) is 19.3. The molecule has 0 spiro atoms. The molecule has 0 atom stereocenters. The van der Waals surface area contributed by atoms with Gasteiger partial charge in [0, 0.05) is 24.1 Å². The Hall–Kier alpha value is -2.05. The number of aromatic nitrogens is 3. The predicted molar refractivity (Wildman–Crippen MR) is 115 cm³/mol. The minimum Gasteiger partial charge on any atom is -0.493 e. The molecule has 3 aromatic rings. The molecule has 148 valence electrons. The number of para-hydroxylation sites is 2. The van der Waals surface area contributed by atoms with Crippen molar-refractivity contribution >= 4 is 22.8 Å². The highest BCUT2D eigenvalue weighted by molar-refractivity contribution is 7.98. The van der Waals surface area contributed by atoms with Crippen molar-refractivity contribution in [1.29, 1.82) is 0 Å². The van der Waals surface area contributed by atoms with Gasteiger partial charge >= 0.3 is 0 Å². The molecule has 1 aromatic carbocycles. The minimum absolute atomic E-state index is 0.761. The van der Waals surface area contributed by atoms with Gasteiger partial charge < -0.3 is 14.6 Å². The molecule has 1 fully saturated rings. The first-order valence-electron chi connectivity index (χ1n) is 10.2. The van der Waals surface area contributed by atoms with Crippen LogP contribution in [-0.2, 0) is 5.75 Å². The van der Waals surface area contributed by atoms with Crippen LogP contribution in [0.4, 0.5) is 0 Å². The van der Waals surface area contributed by atoms with Gasteiger partial charge in [0.25, 0.3) is 0 Å². The van der Waals surface area contributed by atoms with E-state index >= 15 is 0 Å². The van der Waals surface area contributed by atoms with Crippen LogP contribution in [0, 0.1) is 6.92 Å². The highest BCUT2D eigenvalue weighted by atomic mass is 32.2. The van der Waals surface area contributed by atoms with Crippen molar-refractivity contribution < 1.29 is 4.74 Å². The molecule has 3 heterocycles. The van der Waals surface area contributed by atoms with Crippen LogP contribution in [0.2, 0.25) is 0 Å². The average molecular weight is 397 g/mol. The Morgan fingerprint density at radius 1 is 1.14 bits per heavy atom. The van der Waals surface area contributed by atoms with E-state index in [-0.39, 0.29) is 0 Å². The lowest BCUT2D eigenvalue weighted by Crippen LogP contribution is -2.31. The number of nitrogens with one attached hydrogen (secondary N) is 1. The first-order valence-corrected chi connectivity index (χ1v) is 11.2. The quantitative estimate of drug-likeness (QED) is 0.437. The lowest BCUT2D eigenvalue weighted by Gasteiger charge is -2.26. The minimum atomic E-state index is 0.761. The van der Waals surface area contributed by atoms with E-state index in [0.29, 0.717) is 0 Å². The van der Waals surface area contributed by atoms with Crippen LogP contribution >= 0.6 is 11.8 Å². The number of hydrogen-bond acceptors (Lipinski definition) is 5. The van der Waals surface area contributed by atoms with Crippen LogP contribution < -0.4 is 4.74 Å². The second kappa shape index (κ2) is 9.43. The highest BCUT2D eigenvalue weighted by Crippen LogP contribution is 2.27. The Kier molecular flexibility index (Phi) is 6.49. The number of fused-ring (bicyclic) bond motifs is 1. The van der Waals surface area contributed by atoms with Crippen LogP contribution in [0.25, 0.3) is 11.0 Å². The number of aromatic amines is 1. The van der Waals surface area contributed by atoms with Gasteiger partial charge in [0.2, 0.25) is 0 Å². The third kappa shape index (κ3) is 4.86. The number of H-pyrrole nitrogens is 1. The lowest BCUT2D eigenvalue weighted by molar-refractivity contribution is 0.204. The van der Waals surface area contributed by atoms with Crippen LogP contribution in [0.15, 0.2) is 41.7 Å². The molecule has 1 saturated heterocycles. The average Bonchev–Trinajstić information content (AvgIpc) is 3.15. The third-order valence-electron chi connectivity index (χ3n) is 5.30. The molecule has 2 aromatic heterocycles. The van der Waals surface area contributed by atoms with Crippen molar-refractivity contribution in [2.45, 2.75) is 43.5 Å². The molecular weight excluding hydrogens is 368 g/mol. The number of rotatable bonds is 8. The second-order valence-corrected chi connectivity index (χ2v) is 8.30. The number of likely N-dealkylation sites (tertiary alicyclic amines) is 1. The summed E-state index contributed by atoms with van der Waals surface area (Å²) in [6, 6.07) is 10.1. The van der Waals surface area contributed by atoms with E-state index < -0.39 is 0 Å². The van der Waals surface area contributed by atoms with E-state index in [9.17, 15) is 0 Å². The molecule has 0 amide bonds. The number of nitrogens with zero attached hydrogens (tertiary/aromatic N) is 3. The number of ether oxygens (including phenoxy) is 1. The number of pyridine rings is 1. The van der Waals surface area contributed by atoms with Crippen LogP contribution in [0.1, 0.15) is 36.9 Å². The fraction of sp³-hybridized carbons (Fsp3) is 0.455. The summed E-state index contributed by atoms with van der Waals surface area (Å²) in [5.41, 5.74) is 4.25. The fourth-order valence-electron chi connectivity index (χ4n) is 3.65. The van der Waals surface area contributed by atoms with Gasteiger partial charge in [-0.3, -0.25) is 4.98 Å². The van der Waals surface area contributed by atoms with Gasteiger partial charge in [-0.25, -0.2) is 4.98 Å². The van der Waals surface area contributed by atoms with Gasteiger partial charge in [-0.05, 0) is 57.5 Å². The van der Waals surface area contributed by atoms with E-state index in [1.54, 1.807) is 11.8 Å². The molecule has 0 unspecified atom stereocenters. The van der Waals surface area contributed by atoms with E-state index in [0.717, 1.165) is 58.5 Å². The van der Waals surface area contributed by atoms with E-state index in [1.807, 2.05) is 36.5 Å². The molecule has 1 aliphatic heterocycles. The van der Waals surface area contributed by atoms with Crippen molar-refractivity contribution in [3.63, 3.8) is 0 Å². The Labute approximate surface area is 170 Å². The zero-order valence-corrected chi connectivity index (χ0v) is 17.3. The molecule has 0 aliphatic carbocycles. The van der Waals surface area contributed by atoms with Crippen molar-refractivity contribution in [1.82, 2.24) is 19.9 Å². The molecule has 0 bridgehead atoms. The summed E-state index contributed by atoms with van der Waals surface area (Å²) in [6.07, 6.45) is 7.00. The Morgan fingerprint density at radius 2 is 2.00 bits per heavy atom. The van der Waals surface area contributed by atoms with Crippen molar-refractivity contribution in [2.75, 3.05) is 26.2 Å². The van der Waals surface area contributed by atoms with Crippen molar-refractivity contribution in [3.05, 3.63) is 47.8 Å². The van der Waals surface area contributed by atoms with Crippen LogP contribution in [0.5, 0.6) is 5.75 Å². The van der Waals surface area contributed by atoms with E-state index in [2.05, 4.69) is 26.8 Å². The Balaban J connectivity index is 1.30. The van der Waals surface area contributed by atoms with Gasteiger partial charge in [-0.15, -0.1) is 0 Å². The van der Waals surface area contributed by atoms with E-state index in [1.165, 1.54) is 32.4 Å². The van der Waals surface area contributed by atoms with Gasteiger partial charge in [0.05, 0.1) is 23.3 Å². The summed E-state index contributed by atoms with van der Waals surface area (Å²) in [6.45, 7) is 6.49. The summed E-state index contributed by atoms with van der Waals surface area (Å²) in [5.74, 6) is 1.73. The molecule has 0 radical (unpaired) electrons. The maximum atomic E-state index is 6.07. The first-order chi connectivity index (χ1) is 13.8. The summed E-state index contributed by atoms with van der Waals surface area (Å²) in [4.78, 5) is 15.1. The molecule has 4 rings (SSSR count). The monoisotopic (exact) mass is 396 g/mol. The zero-order valence-electron chi connectivity index (χ0n) is 16.5. The van der Waals surface area contributed by atoms with Crippen molar-refractivity contribution in [2.24, 2.45) is 0 Å². The van der Waals surface area contributed by atoms with Crippen LogP contribution in [-0.4, -0.2) is 46.1 Å². The maximum Gasteiger partial charge on any atom is 0.166 e. The number of hydrogen-bond donors (Lipinski definition) is 1. The largest absolute Gasteiger partial charge is 0.493 e. The molecular formula is C22H28N4OS. The number of imidazole rings is 1. The highest BCUT2D eigenvalue weighted by Gasteiger charge is 2.11. The summed E-state index contributed by atoms with van der Waals surface area (Å²) in [7, 11) is 0. The molecule has 0 saturated carbocycles. The van der Waals surface area contributed by atoms with Gasteiger partial charge in [0.1, 0.15) is 5.75 Å². The molecule has 1 N–H and O–H groups in total. The third-order valence-corrected chi connectivity index (χ3v) is 6.18. The number of thioether (sulfide) groups is 1. The van der Waals surface area contributed by atoms with Crippen molar-refractivity contribution in [3.8, 4) is 5.75 Å². The molecule has 28 heavy (non-hydrogen) atoms. The van der Waals surface area contributed by atoms with E-state index in [4.69, 9.17) is 4.74 Å². The van der Waals surface area contributed by atoms with Gasteiger partial charge in [-0.2, -0.15) is 0 Å². The zero-order chi connectivity index (χ0) is 19.2. The van der Waals surface area contributed by atoms with Gasteiger partial charge in [-0.1, -0.05) is 30.3 Å². The molecule has 5 nitrogen and oxygen atoms in total. The number of benzene rings is 1. The standard InChI is InChI=1S/C22H28N4OS/c1-17-20(16-28-22-24-18-8-3-4-9-19(18)25-22)23-11-10-21(17)27-15-7-14-26-12-5-2-6-13-26/h3-4,8-11H,2,5-7,12-16H2,1H3,(H,24,25). The molecule has 1 aliphatic rings. The fourth-order valence-corrected chi connectivity index (χ4v) is 4.56. The lowest BCUT2D eigenvalue weighted by atomic mass is 10.1. The Bertz CT molecular complexity index is 871. The summed E-state index contributed by atoms with van der Waals surface area (Å²) >= 11 is 1.68. The normalized spacial score (nSPS) is 15.2. The summed E-state index contributed by atoms with van der Waals surface area (Å²) < 4.78 is 6.07. The Morgan fingerprint density at radius 3 is 2.86 bits per heavy atom. The smallest absolute Gasteiger partial charge is 0.166 e. The topological polar surface area (TPSA) is 54.0 Å².